The van der Waals surface area contributed by atoms with Crippen molar-refractivity contribution in [2.45, 2.75) is 126 Å². The summed E-state index contributed by atoms with van der Waals surface area (Å²) in [5.41, 5.74) is 4.43. The highest BCUT2D eigenvalue weighted by atomic mass is 19.1. The van der Waals surface area contributed by atoms with E-state index in [9.17, 15) is 22.0 Å². The van der Waals surface area contributed by atoms with Crippen LogP contribution in [-0.2, 0) is 21.7 Å². The van der Waals surface area contributed by atoms with Gasteiger partial charge in [0.15, 0.2) is 0 Å². The molecule has 4 aromatic carbocycles. The number of rotatable bonds is 0. The maximum absolute atomic E-state index is 13.4. The van der Waals surface area contributed by atoms with Gasteiger partial charge in [0.05, 0.1) is 0 Å². The minimum atomic E-state index is -0.349. The van der Waals surface area contributed by atoms with Gasteiger partial charge in [-0.15, -0.1) is 0 Å². The van der Waals surface area contributed by atoms with E-state index < -0.39 is 0 Å². The molecule has 0 amide bonds. The zero-order chi connectivity index (χ0) is 37.4. The zero-order valence-electron chi connectivity index (χ0n) is 31.8. The van der Waals surface area contributed by atoms with Gasteiger partial charge >= 0.3 is 0 Å². The standard InChI is InChI=1S/C11H14F2.2C11H15F.C10H13F/c1-7-5-10(13)8(6-9(7)12)11(2,3)4;2*1-8-5-6-9(10(12)7-8)11(2,3)4;1-10(2,3)8-6-4-5-7-9(8)11/h5-6H,1-4H3;2*5-7H,1-4H3;4-7H,1-3H3. The lowest BCUT2D eigenvalue weighted by atomic mass is 9.86. The van der Waals surface area contributed by atoms with E-state index in [1.807, 2.05) is 133 Å². The van der Waals surface area contributed by atoms with E-state index >= 15 is 0 Å². The summed E-state index contributed by atoms with van der Waals surface area (Å²) in [4.78, 5) is 0. The van der Waals surface area contributed by atoms with E-state index in [4.69, 9.17) is 0 Å². The molecule has 0 radical (unpaired) electrons. The monoisotopic (exact) mass is 668 g/mol. The number of hydrogen-bond acceptors (Lipinski definition) is 0. The maximum Gasteiger partial charge on any atom is 0.127 e. The van der Waals surface area contributed by atoms with Crippen LogP contribution >= 0.6 is 0 Å². The van der Waals surface area contributed by atoms with Crippen LogP contribution in [0.15, 0.2) is 72.8 Å². The topological polar surface area (TPSA) is 0 Å². The highest BCUT2D eigenvalue weighted by molar-refractivity contribution is 5.31. The van der Waals surface area contributed by atoms with E-state index in [-0.39, 0.29) is 50.7 Å². The summed E-state index contributed by atoms with van der Waals surface area (Å²) < 4.78 is 66.3. The third kappa shape index (κ3) is 13.6. The first kappa shape index (κ1) is 42.6. The summed E-state index contributed by atoms with van der Waals surface area (Å²) in [6.45, 7) is 29.0. The molecule has 0 bridgehead atoms. The van der Waals surface area contributed by atoms with Gasteiger partial charge < -0.3 is 0 Å². The molecule has 5 heteroatoms. The average molecular weight is 669 g/mol. The van der Waals surface area contributed by atoms with E-state index in [1.54, 1.807) is 25.1 Å². The van der Waals surface area contributed by atoms with Gasteiger partial charge in [-0.05, 0) is 112 Å². The van der Waals surface area contributed by atoms with Crippen molar-refractivity contribution in [1.29, 1.82) is 0 Å². The van der Waals surface area contributed by atoms with Crippen molar-refractivity contribution in [1.82, 2.24) is 0 Å². The lowest BCUT2D eigenvalue weighted by Crippen LogP contribution is -2.14. The SMILES string of the molecule is CC(C)(C)c1ccccc1F.Cc1cc(F)c(C(C)(C)C)cc1F.Cc1ccc(C(C)(C)C)c(F)c1.Cc1ccc(C(C)(C)C)c(F)c1. The van der Waals surface area contributed by atoms with Gasteiger partial charge in [0, 0.05) is 0 Å². The van der Waals surface area contributed by atoms with Gasteiger partial charge in [-0.25, -0.2) is 22.0 Å². The molecule has 0 saturated carbocycles. The lowest BCUT2D eigenvalue weighted by molar-refractivity contribution is 0.509. The predicted octanol–water partition coefficient (Wildman–Crippen LogP) is 13.6. The van der Waals surface area contributed by atoms with Crippen LogP contribution in [0.5, 0.6) is 0 Å². The predicted molar refractivity (Wildman–Crippen MR) is 195 cm³/mol. The summed E-state index contributed by atoms with van der Waals surface area (Å²) in [5, 5.41) is 0. The fourth-order valence-electron chi connectivity index (χ4n) is 4.75. The second-order valence-corrected chi connectivity index (χ2v) is 16.5. The Labute approximate surface area is 287 Å². The molecule has 0 aromatic heterocycles. The van der Waals surface area contributed by atoms with Gasteiger partial charge in [0.1, 0.15) is 29.1 Å². The van der Waals surface area contributed by atoms with Gasteiger partial charge in [0.2, 0.25) is 0 Å². The summed E-state index contributed by atoms with van der Waals surface area (Å²) in [6, 6.07) is 20.2. The average Bonchev–Trinajstić information content (AvgIpc) is 2.89. The molecule has 4 aromatic rings. The van der Waals surface area contributed by atoms with E-state index in [2.05, 4.69) is 0 Å². The molecule has 0 heterocycles. The van der Waals surface area contributed by atoms with Gasteiger partial charge in [0.25, 0.3) is 0 Å². The van der Waals surface area contributed by atoms with E-state index in [0.717, 1.165) is 27.8 Å². The molecule has 0 unspecified atom stereocenters. The fraction of sp³-hybridized carbons (Fsp3) is 0.442. The lowest BCUT2D eigenvalue weighted by Gasteiger charge is -2.20. The van der Waals surface area contributed by atoms with Gasteiger partial charge in [-0.3, -0.25) is 0 Å². The second-order valence-electron chi connectivity index (χ2n) is 16.5. The largest absolute Gasteiger partial charge is 0.207 e. The molecule has 0 spiro atoms. The molecule has 0 saturated heterocycles. The Hall–Kier alpha value is -3.47. The quantitative estimate of drug-likeness (QED) is 0.164. The molecular weight excluding hydrogens is 611 g/mol. The van der Waals surface area contributed by atoms with Crippen LogP contribution in [0.3, 0.4) is 0 Å². The Kier molecular flexibility index (Phi) is 14.9. The summed E-state index contributed by atoms with van der Waals surface area (Å²) in [7, 11) is 0. The van der Waals surface area contributed by atoms with Crippen molar-refractivity contribution in [3.05, 3.63) is 141 Å². The molecule has 264 valence electrons. The van der Waals surface area contributed by atoms with E-state index in [0.29, 0.717) is 11.1 Å². The first-order valence-corrected chi connectivity index (χ1v) is 16.4. The van der Waals surface area contributed by atoms with E-state index in [1.165, 1.54) is 18.2 Å². The van der Waals surface area contributed by atoms with Crippen molar-refractivity contribution < 1.29 is 22.0 Å². The third-order valence-corrected chi connectivity index (χ3v) is 7.60. The molecular formula is C43H57F5. The summed E-state index contributed by atoms with van der Waals surface area (Å²) in [5.74, 6) is -0.970. The highest BCUT2D eigenvalue weighted by Gasteiger charge is 2.21. The van der Waals surface area contributed by atoms with Crippen LogP contribution < -0.4 is 0 Å². The molecule has 0 fully saturated rings. The van der Waals surface area contributed by atoms with Crippen LogP contribution in [0.4, 0.5) is 22.0 Å². The summed E-state index contributed by atoms with van der Waals surface area (Å²) in [6.07, 6.45) is 0. The maximum atomic E-state index is 13.4. The van der Waals surface area contributed by atoms with Crippen molar-refractivity contribution >= 4 is 0 Å². The third-order valence-electron chi connectivity index (χ3n) is 7.60. The van der Waals surface area contributed by atoms with Gasteiger partial charge in [-0.2, -0.15) is 0 Å². The number of aryl methyl sites for hydroxylation is 3. The molecule has 0 aliphatic rings. The Morgan fingerprint density at radius 2 is 0.667 bits per heavy atom. The minimum absolute atomic E-state index is 0.0919. The molecule has 0 aliphatic carbocycles. The molecule has 0 N–H and O–H groups in total. The smallest absolute Gasteiger partial charge is 0.127 e. The second kappa shape index (κ2) is 16.8. The zero-order valence-corrected chi connectivity index (χ0v) is 31.8. The van der Waals surface area contributed by atoms with Crippen LogP contribution in [0, 0.1) is 49.9 Å². The Morgan fingerprint density at radius 3 is 0.979 bits per heavy atom. The number of hydrogen-bond donors (Lipinski definition) is 0. The normalized spacial score (nSPS) is 11.8. The van der Waals surface area contributed by atoms with Crippen molar-refractivity contribution in [2.75, 3.05) is 0 Å². The van der Waals surface area contributed by atoms with Crippen molar-refractivity contribution in [3.63, 3.8) is 0 Å². The summed E-state index contributed by atoms with van der Waals surface area (Å²) >= 11 is 0. The highest BCUT2D eigenvalue weighted by Crippen LogP contribution is 2.28. The Balaban J connectivity index is 0.000000320. The number of benzene rings is 4. The number of halogens is 5. The molecule has 0 nitrogen and oxygen atoms in total. The first-order chi connectivity index (χ1) is 21.7. The minimum Gasteiger partial charge on any atom is -0.207 e. The van der Waals surface area contributed by atoms with Crippen LogP contribution in [0.1, 0.15) is 122 Å². The molecule has 0 aliphatic heterocycles. The van der Waals surface area contributed by atoms with Crippen LogP contribution in [0.25, 0.3) is 0 Å². The molecule has 4 rings (SSSR count). The molecule has 0 atom stereocenters. The van der Waals surface area contributed by atoms with Gasteiger partial charge in [-0.1, -0.05) is 126 Å². The van der Waals surface area contributed by atoms with Crippen LogP contribution in [-0.4, -0.2) is 0 Å². The Morgan fingerprint density at radius 1 is 0.333 bits per heavy atom. The van der Waals surface area contributed by atoms with Crippen molar-refractivity contribution in [3.8, 4) is 0 Å². The van der Waals surface area contributed by atoms with Crippen molar-refractivity contribution in [2.24, 2.45) is 0 Å². The molecule has 48 heavy (non-hydrogen) atoms. The first-order valence-electron chi connectivity index (χ1n) is 16.4. The Bertz CT molecular complexity index is 1560. The fourth-order valence-corrected chi connectivity index (χ4v) is 4.75. The van der Waals surface area contributed by atoms with Crippen LogP contribution in [0.2, 0.25) is 0 Å².